The number of ketones is 1. The molecule has 0 bridgehead atoms. The molecule has 5 heteroatoms. The second-order valence-corrected chi connectivity index (χ2v) is 7.05. The monoisotopic (exact) mass is 341 g/mol. The molecule has 0 unspecified atom stereocenters. The van der Waals surface area contributed by atoms with Gasteiger partial charge in [0.05, 0.1) is 5.56 Å². The molecule has 1 fully saturated rings. The number of likely N-dealkylation sites (tertiary alicyclic amines) is 1. The summed E-state index contributed by atoms with van der Waals surface area (Å²) in [6, 6.07) is 7.98. The molecule has 25 heavy (non-hydrogen) atoms. The molecule has 2 heterocycles. The predicted molar refractivity (Wildman–Crippen MR) is 100.0 cm³/mol. The van der Waals surface area contributed by atoms with Crippen molar-refractivity contribution >= 4 is 22.6 Å². The van der Waals surface area contributed by atoms with Crippen LogP contribution in [-0.4, -0.2) is 47.3 Å². The van der Waals surface area contributed by atoms with E-state index >= 15 is 0 Å². The lowest BCUT2D eigenvalue weighted by Gasteiger charge is -2.14. The molecule has 5 nitrogen and oxygen atoms in total. The summed E-state index contributed by atoms with van der Waals surface area (Å²) in [6.45, 7) is 7.98. The lowest BCUT2D eigenvalue weighted by atomic mass is 10.1. The van der Waals surface area contributed by atoms with Crippen LogP contribution in [0.3, 0.4) is 0 Å². The van der Waals surface area contributed by atoms with E-state index in [9.17, 15) is 9.59 Å². The fraction of sp³-hybridized carbons (Fsp3) is 0.500. The molecular weight excluding hydrogens is 314 g/mol. The van der Waals surface area contributed by atoms with Crippen LogP contribution in [0.1, 0.15) is 49.5 Å². The van der Waals surface area contributed by atoms with Crippen molar-refractivity contribution in [2.24, 2.45) is 0 Å². The Bertz CT molecular complexity index is 757. The average Bonchev–Trinajstić information content (AvgIpc) is 3.25. The van der Waals surface area contributed by atoms with E-state index in [1.165, 1.54) is 12.8 Å². The first-order valence-corrected chi connectivity index (χ1v) is 9.22. The van der Waals surface area contributed by atoms with Crippen LogP contribution in [0.5, 0.6) is 0 Å². The van der Waals surface area contributed by atoms with Gasteiger partial charge >= 0.3 is 0 Å². The first-order valence-electron chi connectivity index (χ1n) is 9.22. The molecule has 0 spiro atoms. The van der Waals surface area contributed by atoms with E-state index in [-0.39, 0.29) is 6.04 Å². The highest BCUT2D eigenvalue weighted by Crippen LogP contribution is 2.25. The Kier molecular flexibility index (Phi) is 5.53. The van der Waals surface area contributed by atoms with Gasteiger partial charge < -0.3 is 14.8 Å². The number of carbonyl (C=O) groups excluding carboxylic acids is 2. The summed E-state index contributed by atoms with van der Waals surface area (Å²) in [4.78, 5) is 27.3. The summed E-state index contributed by atoms with van der Waals surface area (Å²) in [6.07, 6.45) is 5.23. The van der Waals surface area contributed by atoms with E-state index in [2.05, 4.69) is 24.1 Å². The first-order chi connectivity index (χ1) is 12.1. The lowest BCUT2D eigenvalue weighted by molar-refractivity contribution is -0.117. The largest absolute Gasteiger partial charge is 0.349 e. The Morgan fingerprint density at radius 3 is 2.60 bits per heavy atom. The fourth-order valence-corrected chi connectivity index (χ4v) is 3.53. The summed E-state index contributed by atoms with van der Waals surface area (Å²) in [7, 11) is 0. The van der Waals surface area contributed by atoms with Crippen molar-refractivity contribution in [3.63, 3.8) is 0 Å². The summed E-state index contributed by atoms with van der Waals surface area (Å²) in [5.41, 5.74) is 1.48. The molecule has 2 aromatic rings. The van der Waals surface area contributed by atoms with Crippen LogP contribution < -0.4 is 5.32 Å². The molecule has 0 saturated carbocycles. The number of nitrogens with zero attached hydrogens (tertiary/aromatic N) is 2. The molecule has 3 rings (SSSR count). The summed E-state index contributed by atoms with van der Waals surface area (Å²) in [5, 5.41) is 3.62. The number of benzene rings is 1. The van der Waals surface area contributed by atoms with E-state index < -0.39 is 11.7 Å². The third kappa shape index (κ3) is 3.93. The molecule has 1 saturated heterocycles. The summed E-state index contributed by atoms with van der Waals surface area (Å²) >= 11 is 0. The number of hydrogen-bond acceptors (Lipinski definition) is 3. The quantitative estimate of drug-likeness (QED) is 0.478. The van der Waals surface area contributed by atoms with Gasteiger partial charge in [-0.25, -0.2) is 0 Å². The van der Waals surface area contributed by atoms with Crippen molar-refractivity contribution in [2.75, 3.05) is 26.2 Å². The average molecular weight is 341 g/mol. The smallest absolute Gasteiger partial charge is 0.292 e. The van der Waals surface area contributed by atoms with Crippen LogP contribution in [0.4, 0.5) is 0 Å². The molecule has 0 radical (unpaired) electrons. The first kappa shape index (κ1) is 17.7. The highest BCUT2D eigenvalue weighted by atomic mass is 16.2. The summed E-state index contributed by atoms with van der Waals surface area (Å²) in [5.74, 6) is -0.954. The predicted octanol–water partition coefficient (Wildman–Crippen LogP) is 3.01. The molecular formula is C20H27N3O2. The van der Waals surface area contributed by atoms with Crippen molar-refractivity contribution < 1.29 is 9.59 Å². The number of fused-ring (bicyclic) bond motifs is 1. The maximum Gasteiger partial charge on any atom is 0.292 e. The van der Waals surface area contributed by atoms with Gasteiger partial charge in [-0.2, -0.15) is 0 Å². The topological polar surface area (TPSA) is 54.3 Å². The zero-order chi connectivity index (χ0) is 17.8. The third-order valence-electron chi connectivity index (χ3n) is 4.88. The zero-order valence-corrected chi connectivity index (χ0v) is 15.1. The Balaban J connectivity index is 1.63. The van der Waals surface area contributed by atoms with Crippen molar-refractivity contribution in [1.82, 2.24) is 14.8 Å². The minimum absolute atomic E-state index is 0.231. The van der Waals surface area contributed by atoms with E-state index in [0.717, 1.165) is 37.0 Å². The lowest BCUT2D eigenvalue weighted by Crippen LogP contribution is -2.33. The molecule has 1 aliphatic heterocycles. The zero-order valence-electron chi connectivity index (χ0n) is 15.1. The SMILES string of the molecule is CC(C)n1cc(C(=O)C(=O)NCCCN2CCCC2)c2ccccc21. The fourth-order valence-electron chi connectivity index (χ4n) is 3.53. The maximum atomic E-state index is 12.6. The van der Waals surface area contributed by atoms with Crippen molar-refractivity contribution in [1.29, 1.82) is 0 Å². The van der Waals surface area contributed by atoms with Crippen LogP contribution >= 0.6 is 0 Å². The molecule has 1 aliphatic rings. The number of Topliss-reactive ketones (excluding diaryl/α,β-unsaturated/α-hetero) is 1. The summed E-state index contributed by atoms with van der Waals surface area (Å²) < 4.78 is 2.04. The molecule has 134 valence electrons. The van der Waals surface area contributed by atoms with Gasteiger partial charge in [0, 0.05) is 29.7 Å². The maximum absolute atomic E-state index is 12.6. The van der Waals surface area contributed by atoms with Gasteiger partial charge in [0.1, 0.15) is 0 Å². The standard InChI is InChI=1S/C20H27N3O2/c1-15(2)23-14-17(16-8-3-4-9-18(16)23)19(24)20(25)21-10-7-13-22-11-5-6-12-22/h3-4,8-9,14-15H,5-7,10-13H2,1-2H3,(H,21,25). The minimum atomic E-state index is -0.506. The highest BCUT2D eigenvalue weighted by molar-refractivity contribution is 6.45. The van der Waals surface area contributed by atoms with Gasteiger partial charge in [-0.3, -0.25) is 9.59 Å². The molecule has 1 aromatic carbocycles. The number of rotatable bonds is 7. The van der Waals surface area contributed by atoms with Crippen LogP contribution in [0, 0.1) is 0 Å². The number of hydrogen-bond donors (Lipinski definition) is 1. The second kappa shape index (κ2) is 7.83. The Morgan fingerprint density at radius 2 is 1.88 bits per heavy atom. The Hall–Kier alpha value is -2.14. The molecule has 0 aliphatic carbocycles. The van der Waals surface area contributed by atoms with Crippen LogP contribution in [0.25, 0.3) is 10.9 Å². The van der Waals surface area contributed by atoms with E-state index in [1.54, 1.807) is 0 Å². The normalized spacial score (nSPS) is 15.2. The van der Waals surface area contributed by atoms with Crippen molar-refractivity contribution in [3.05, 3.63) is 36.0 Å². The van der Waals surface area contributed by atoms with E-state index in [0.29, 0.717) is 12.1 Å². The minimum Gasteiger partial charge on any atom is -0.349 e. The van der Waals surface area contributed by atoms with Crippen LogP contribution in [-0.2, 0) is 4.79 Å². The van der Waals surface area contributed by atoms with E-state index in [1.807, 2.05) is 35.0 Å². The van der Waals surface area contributed by atoms with Gasteiger partial charge in [-0.1, -0.05) is 18.2 Å². The number of amides is 1. The van der Waals surface area contributed by atoms with Crippen LogP contribution in [0.2, 0.25) is 0 Å². The Labute approximate surface area is 149 Å². The van der Waals surface area contributed by atoms with Gasteiger partial charge in [-0.15, -0.1) is 0 Å². The Morgan fingerprint density at radius 1 is 1.16 bits per heavy atom. The third-order valence-corrected chi connectivity index (χ3v) is 4.88. The molecule has 0 atom stereocenters. The van der Waals surface area contributed by atoms with Crippen molar-refractivity contribution in [3.8, 4) is 0 Å². The van der Waals surface area contributed by atoms with Gasteiger partial charge in [-0.05, 0) is 58.8 Å². The van der Waals surface area contributed by atoms with Gasteiger partial charge in [0.2, 0.25) is 0 Å². The van der Waals surface area contributed by atoms with Gasteiger partial charge in [0.15, 0.2) is 0 Å². The number of nitrogens with one attached hydrogen (secondary N) is 1. The van der Waals surface area contributed by atoms with E-state index in [4.69, 9.17) is 0 Å². The highest BCUT2D eigenvalue weighted by Gasteiger charge is 2.22. The second-order valence-electron chi connectivity index (χ2n) is 7.05. The van der Waals surface area contributed by atoms with Crippen LogP contribution in [0.15, 0.2) is 30.5 Å². The number of aromatic nitrogens is 1. The molecule has 1 N–H and O–H groups in total. The van der Waals surface area contributed by atoms with Gasteiger partial charge in [0.25, 0.3) is 11.7 Å². The molecule has 1 amide bonds. The number of para-hydroxylation sites is 1. The van der Waals surface area contributed by atoms with Crippen molar-refractivity contribution in [2.45, 2.75) is 39.2 Å². The molecule has 1 aromatic heterocycles. The number of carbonyl (C=O) groups is 2.